The summed E-state index contributed by atoms with van der Waals surface area (Å²) >= 11 is 0. The third-order valence-corrected chi connectivity index (χ3v) is 12.4. The van der Waals surface area contributed by atoms with Gasteiger partial charge in [0, 0.05) is 46.6 Å². The van der Waals surface area contributed by atoms with Crippen molar-refractivity contribution in [1.82, 2.24) is 14.5 Å². The first-order valence-electron chi connectivity index (χ1n) is 21.5. The summed E-state index contributed by atoms with van der Waals surface area (Å²) in [4.78, 5) is 9.69. The molecule has 1 radical (unpaired) electrons. The Morgan fingerprint density at radius 2 is 1.47 bits per heavy atom. The topological polar surface area (TPSA) is 43.9 Å². The van der Waals surface area contributed by atoms with Crippen LogP contribution in [0.25, 0.3) is 61.5 Å². The van der Waals surface area contributed by atoms with E-state index in [1.54, 1.807) is 6.07 Å². The monoisotopic (exact) mass is 974 g/mol. The van der Waals surface area contributed by atoms with Gasteiger partial charge in [0.05, 0.1) is 24.9 Å². The molecule has 0 amide bonds. The van der Waals surface area contributed by atoms with E-state index in [1.807, 2.05) is 62.4 Å². The Labute approximate surface area is 369 Å². The van der Waals surface area contributed by atoms with Crippen molar-refractivity contribution in [2.24, 2.45) is 11.8 Å². The van der Waals surface area contributed by atoms with Crippen molar-refractivity contribution < 1.29 is 27.3 Å². The Morgan fingerprint density at radius 1 is 0.797 bits per heavy atom. The molecule has 0 bridgehead atoms. The molecule has 305 valence electrons. The molecule has 0 unspecified atom stereocenters. The van der Waals surface area contributed by atoms with E-state index in [0.717, 1.165) is 50.9 Å². The number of rotatable bonds is 9. The first-order valence-corrected chi connectivity index (χ1v) is 24.0. The van der Waals surface area contributed by atoms with Crippen LogP contribution in [0.4, 0.5) is 0 Å². The fraction of sp³-hybridized carbons (Fsp3) is 0.283. The molecule has 0 saturated carbocycles. The van der Waals surface area contributed by atoms with E-state index in [1.165, 1.54) is 21.9 Å². The molecule has 4 nitrogen and oxygen atoms in total. The molecule has 3 heterocycles. The molecule has 8 aromatic rings. The number of imidazole rings is 1. The van der Waals surface area contributed by atoms with Crippen LogP contribution in [0.2, 0.25) is 19.6 Å². The molecule has 0 aliphatic rings. The molecule has 59 heavy (non-hydrogen) atoms. The quantitative estimate of drug-likeness (QED) is 0.107. The molecule has 0 saturated heterocycles. The second-order valence-corrected chi connectivity index (χ2v) is 23.1. The zero-order valence-corrected chi connectivity index (χ0v) is 39.5. The van der Waals surface area contributed by atoms with Crippen LogP contribution < -0.4 is 5.19 Å². The average molecular weight is 974 g/mol. The largest absolute Gasteiger partial charge is 0.557 e. The van der Waals surface area contributed by atoms with Gasteiger partial charge in [-0.3, -0.25) is 4.98 Å². The van der Waals surface area contributed by atoms with E-state index < -0.39 is 14.4 Å². The number of hydrogen-bond donors (Lipinski definition) is 0. The number of fused-ring (bicyclic) bond motifs is 2. The van der Waals surface area contributed by atoms with Crippen LogP contribution in [-0.2, 0) is 38.3 Å². The summed E-state index contributed by atoms with van der Waals surface area (Å²) in [6, 6.07) is 44.5. The average Bonchev–Trinajstić information content (AvgIpc) is 3.82. The molecule has 0 fully saturated rings. The second kappa shape index (κ2) is 18.2. The number of aromatic nitrogens is 3. The molecular formula is C53H57IrN3OSi-2. The number of nitrogens with zero attached hydrogens (tertiary/aromatic N) is 3. The van der Waals surface area contributed by atoms with Crippen LogP contribution in [0.15, 0.2) is 132 Å². The molecule has 0 aliphatic carbocycles. The van der Waals surface area contributed by atoms with Crippen LogP contribution >= 0.6 is 0 Å². The van der Waals surface area contributed by atoms with Crippen molar-refractivity contribution in [2.45, 2.75) is 86.3 Å². The molecular weight excluding hydrogens is 915 g/mol. The molecule has 0 aliphatic heterocycles. The van der Waals surface area contributed by atoms with Crippen LogP contribution in [0.1, 0.15) is 67.9 Å². The Bertz CT molecular complexity index is 2720. The molecule has 5 aromatic carbocycles. The van der Waals surface area contributed by atoms with Crippen LogP contribution in [0, 0.1) is 24.2 Å². The molecule has 0 spiro atoms. The summed E-state index contributed by atoms with van der Waals surface area (Å²) < 4.78 is 25.2. The summed E-state index contributed by atoms with van der Waals surface area (Å²) in [5.74, 6) is 1.21. The van der Waals surface area contributed by atoms with Crippen molar-refractivity contribution in [2.75, 3.05) is 0 Å². The van der Waals surface area contributed by atoms with Gasteiger partial charge in [-0.1, -0.05) is 163 Å². The zero-order chi connectivity index (χ0) is 43.0. The minimum absolute atomic E-state index is 0. The van der Waals surface area contributed by atoms with Gasteiger partial charge >= 0.3 is 0 Å². The van der Waals surface area contributed by atoms with Gasteiger partial charge in [0.1, 0.15) is 0 Å². The fourth-order valence-electron chi connectivity index (χ4n) is 7.47. The van der Waals surface area contributed by atoms with Gasteiger partial charge in [0.25, 0.3) is 0 Å². The summed E-state index contributed by atoms with van der Waals surface area (Å²) in [5, 5.41) is 2.29. The Hall–Kier alpha value is -4.87. The van der Waals surface area contributed by atoms with Gasteiger partial charge in [-0.25, -0.2) is 0 Å². The van der Waals surface area contributed by atoms with E-state index in [4.69, 9.17) is 12.1 Å². The second-order valence-electron chi connectivity index (χ2n) is 18.1. The van der Waals surface area contributed by atoms with E-state index in [0.29, 0.717) is 22.9 Å². The third kappa shape index (κ3) is 10.1. The SMILES string of the molecule is CC(C)Cc1cc(-c2[c-]cccc2)ncc1[Si](C)(C)C.[2H]C([2H])(c1ccc2o[c-]c(-c3nc4ccccc4n3-c3ccc(-c4ccc(C(C)(C)C)cc4)cc3)c2c1)C(C)C.[Ir]. The number of hydrogen-bond acceptors (Lipinski definition) is 3. The van der Waals surface area contributed by atoms with Gasteiger partial charge in [-0.15, -0.1) is 35.9 Å². The van der Waals surface area contributed by atoms with Crippen molar-refractivity contribution in [3.63, 3.8) is 0 Å². The maximum absolute atomic E-state index is 8.63. The standard InChI is InChI=1S/C35H33N2O.C18H24NSi.Ir/c1-23(2)20-24-10-19-33-29(21-24)30(22-38-33)34-36-31-8-6-7-9-32(31)37(34)28-17-13-26(14-18-28)25-11-15-27(16-12-25)35(3,4)5;1-14(2)11-16-12-17(15-9-7-6-8-10-15)19-13-18(16)20(3,4)5;/h6-19,21,23H,20H2,1-5H3;6-9,12-14H,11H2,1-5H3;/q2*-1;/i20D2;;. The normalized spacial score (nSPS) is 12.6. The zero-order valence-electron chi connectivity index (χ0n) is 38.1. The minimum Gasteiger partial charge on any atom is -0.557 e. The van der Waals surface area contributed by atoms with Gasteiger partial charge < -0.3 is 14.0 Å². The predicted molar refractivity (Wildman–Crippen MR) is 248 cm³/mol. The number of benzene rings is 5. The molecule has 6 heteroatoms. The van der Waals surface area contributed by atoms with Crippen molar-refractivity contribution in [3.8, 4) is 39.5 Å². The number of furan rings is 1. The Morgan fingerprint density at radius 3 is 2.10 bits per heavy atom. The summed E-state index contributed by atoms with van der Waals surface area (Å²) in [6.45, 7) is 22.2. The predicted octanol–water partition coefficient (Wildman–Crippen LogP) is 13.7. The number of para-hydroxylation sites is 2. The van der Waals surface area contributed by atoms with E-state index in [9.17, 15) is 0 Å². The molecule has 0 N–H and O–H groups in total. The van der Waals surface area contributed by atoms with Crippen molar-refractivity contribution in [3.05, 3.63) is 157 Å². The number of pyridine rings is 1. The Kier molecular flexibility index (Phi) is 12.6. The fourth-order valence-corrected chi connectivity index (χ4v) is 9.06. The van der Waals surface area contributed by atoms with Crippen molar-refractivity contribution >= 4 is 35.3 Å². The first kappa shape index (κ1) is 40.9. The van der Waals surface area contributed by atoms with E-state index in [2.05, 4.69) is 149 Å². The summed E-state index contributed by atoms with van der Waals surface area (Å²) in [7, 11) is -1.34. The minimum atomic E-state index is -1.47. The van der Waals surface area contributed by atoms with Crippen LogP contribution in [0.3, 0.4) is 0 Å². The summed E-state index contributed by atoms with van der Waals surface area (Å²) in [6.07, 6.45) is 4.85. The van der Waals surface area contributed by atoms with Gasteiger partial charge in [-0.05, 0) is 81.9 Å². The van der Waals surface area contributed by atoms with Crippen molar-refractivity contribution in [1.29, 1.82) is 0 Å². The molecule has 3 aromatic heterocycles. The first-order chi connectivity index (χ1) is 28.4. The van der Waals surface area contributed by atoms with Gasteiger partial charge in [0.15, 0.2) is 0 Å². The van der Waals surface area contributed by atoms with Crippen LogP contribution in [-0.4, -0.2) is 22.6 Å². The smallest absolute Gasteiger partial charge is 0.0798 e. The third-order valence-electron chi connectivity index (χ3n) is 10.4. The maximum Gasteiger partial charge on any atom is 0.0798 e. The molecule has 8 rings (SSSR count). The Balaban J connectivity index is 0.000000250. The van der Waals surface area contributed by atoms with Crippen LogP contribution in [0.5, 0.6) is 0 Å². The van der Waals surface area contributed by atoms with E-state index >= 15 is 0 Å². The maximum atomic E-state index is 8.63. The van der Waals surface area contributed by atoms with Gasteiger partial charge in [-0.2, -0.15) is 0 Å². The molecule has 0 atom stereocenters. The van der Waals surface area contributed by atoms with E-state index in [-0.39, 0.29) is 31.4 Å². The summed E-state index contributed by atoms with van der Waals surface area (Å²) in [5.41, 5.74) is 12.2. The van der Waals surface area contributed by atoms with Gasteiger partial charge in [0.2, 0.25) is 0 Å².